The van der Waals surface area contributed by atoms with Gasteiger partial charge in [0.25, 0.3) is 0 Å². The second-order valence-electron chi connectivity index (χ2n) is 31.6. The molecule has 516 valence electrons. The molecule has 16 aromatic carbocycles. The third-order valence-electron chi connectivity index (χ3n) is 26.7. The molecule has 3 aliphatic rings. The van der Waals surface area contributed by atoms with Crippen LogP contribution in [0.25, 0.3) is 160 Å². The van der Waals surface area contributed by atoms with Gasteiger partial charge in [0.15, 0.2) is 0 Å². The first-order valence-corrected chi connectivity index (χ1v) is 38.5. The lowest BCUT2D eigenvalue weighted by atomic mass is 9.75. The molecule has 106 heavy (non-hydrogen) atoms. The molecule has 0 bridgehead atoms. The van der Waals surface area contributed by atoms with Gasteiger partial charge in [-0.05, 0) is 437 Å². The first-order valence-electron chi connectivity index (χ1n) is 38.5. The Hall–Kier alpha value is -11.2. The van der Waals surface area contributed by atoms with E-state index in [9.17, 15) is 0 Å². The summed E-state index contributed by atoms with van der Waals surface area (Å²) in [6.45, 7) is 37.6. The van der Waals surface area contributed by atoms with Gasteiger partial charge < -0.3 is 0 Å². The summed E-state index contributed by atoms with van der Waals surface area (Å²) in [5.41, 5.74) is 52.1. The fourth-order valence-electron chi connectivity index (χ4n) is 19.6. The van der Waals surface area contributed by atoms with Gasteiger partial charge in [-0.3, -0.25) is 0 Å². The van der Waals surface area contributed by atoms with E-state index in [1.165, 1.54) is 276 Å². The Morgan fingerprint density at radius 1 is 0.208 bits per heavy atom. The van der Waals surface area contributed by atoms with Crippen molar-refractivity contribution in [3.63, 3.8) is 0 Å². The fraction of sp³-hybridized carbons (Fsp3) is 0.189. The van der Waals surface area contributed by atoms with Gasteiger partial charge in [-0.25, -0.2) is 0 Å². The highest BCUT2D eigenvalue weighted by molar-refractivity contribution is 6.29. The Bertz CT molecular complexity index is 6430. The van der Waals surface area contributed by atoms with Gasteiger partial charge in [0.1, 0.15) is 0 Å². The number of allylic oxidation sites excluding steroid dienone is 1. The third-order valence-corrected chi connectivity index (χ3v) is 26.7. The van der Waals surface area contributed by atoms with Crippen LogP contribution in [0.4, 0.5) is 0 Å². The number of benzene rings is 16. The van der Waals surface area contributed by atoms with Gasteiger partial charge in [0.2, 0.25) is 0 Å². The van der Waals surface area contributed by atoms with Gasteiger partial charge in [-0.2, -0.15) is 0 Å². The van der Waals surface area contributed by atoms with E-state index in [2.05, 4.69) is 329 Å². The van der Waals surface area contributed by atoms with Crippen molar-refractivity contribution in [1.29, 1.82) is 0 Å². The van der Waals surface area contributed by atoms with E-state index in [4.69, 9.17) is 0 Å². The second-order valence-corrected chi connectivity index (χ2v) is 31.6. The SMILES string of the molecule is Cc1c(C)c(C)c2c(-c3cc(-c4ccccc4)cc4ccccc34)c3c(C)c(C)c(C)c(C)c3c(-c3ccc4c(c3)-c3ccccc3C4)c2c1C.Cc1c(C)c(C)c2c(-c3ccc(-c4ccc5c(c4)CCC=C5)c4ccccc34)c3c(C)c(C)c(C)c(C)c3c(-c3ccc4c(c3)-c3ccccc3C4)c2c1C. The maximum absolute atomic E-state index is 2.52. The van der Waals surface area contributed by atoms with Crippen LogP contribution in [0, 0.1) is 111 Å². The molecular formula is C106H92. The molecule has 0 fully saturated rings. The lowest BCUT2D eigenvalue weighted by Gasteiger charge is -2.28. The molecule has 19 rings (SSSR count). The molecule has 16 aromatic rings. The Labute approximate surface area is 626 Å². The quantitative estimate of drug-likeness (QED) is 0.146. The number of fused-ring (bicyclic) bond motifs is 13. The van der Waals surface area contributed by atoms with Crippen LogP contribution >= 0.6 is 0 Å². The summed E-state index contributed by atoms with van der Waals surface area (Å²) in [7, 11) is 0. The Morgan fingerprint density at radius 2 is 0.575 bits per heavy atom. The molecule has 0 amide bonds. The molecule has 3 aliphatic carbocycles. The van der Waals surface area contributed by atoms with E-state index in [1.807, 2.05) is 0 Å². The van der Waals surface area contributed by atoms with Gasteiger partial charge in [0.05, 0.1) is 0 Å². The van der Waals surface area contributed by atoms with Gasteiger partial charge >= 0.3 is 0 Å². The van der Waals surface area contributed by atoms with Crippen molar-refractivity contribution in [1.82, 2.24) is 0 Å². The van der Waals surface area contributed by atoms with Crippen LogP contribution in [0.2, 0.25) is 0 Å². The van der Waals surface area contributed by atoms with Crippen LogP contribution in [-0.4, -0.2) is 0 Å². The van der Waals surface area contributed by atoms with Crippen LogP contribution in [0.3, 0.4) is 0 Å². The van der Waals surface area contributed by atoms with Crippen LogP contribution in [0.15, 0.2) is 212 Å². The molecule has 0 nitrogen and oxygen atoms in total. The maximum Gasteiger partial charge on any atom is -0.00134 e. The summed E-state index contributed by atoms with van der Waals surface area (Å²) in [4.78, 5) is 0. The van der Waals surface area contributed by atoms with E-state index in [0.717, 1.165) is 25.7 Å². The molecule has 0 atom stereocenters. The van der Waals surface area contributed by atoms with Crippen molar-refractivity contribution in [2.45, 2.75) is 136 Å². The molecule has 0 unspecified atom stereocenters. The molecule has 0 aliphatic heterocycles. The van der Waals surface area contributed by atoms with Crippen molar-refractivity contribution in [3.05, 3.63) is 335 Å². The average molecular weight is 1370 g/mol. The first-order chi connectivity index (χ1) is 51.3. The molecule has 0 heterocycles. The highest BCUT2D eigenvalue weighted by atomic mass is 14.3. The minimum atomic E-state index is 1.00. The lowest BCUT2D eigenvalue weighted by molar-refractivity contribution is 0.986. The number of aryl methyl sites for hydroxylation is 9. The Morgan fingerprint density at radius 3 is 1.06 bits per heavy atom. The van der Waals surface area contributed by atoms with Crippen molar-refractivity contribution in [2.75, 3.05) is 0 Å². The Kier molecular flexibility index (Phi) is 15.9. The molecule has 0 saturated carbocycles. The van der Waals surface area contributed by atoms with E-state index in [0.29, 0.717) is 0 Å². The zero-order valence-corrected chi connectivity index (χ0v) is 64.6. The van der Waals surface area contributed by atoms with Crippen molar-refractivity contribution >= 4 is 70.7 Å². The summed E-state index contributed by atoms with van der Waals surface area (Å²) in [6, 6.07) is 78.5. The van der Waals surface area contributed by atoms with Gasteiger partial charge in [-0.1, -0.05) is 194 Å². The maximum atomic E-state index is 2.52. The van der Waals surface area contributed by atoms with Crippen LogP contribution < -0.4 is 0 Å². The smallest absolute Gasteiger partial charge is 0.00134 e. The molecule has 0 spiro atoms. The first kappa shape index (κ1) is 66.8. The van der Waals surface area contributed by atoms with Gasteiger partial charge in [-0.15, -0.1) is 0 Å². The predicted octanol–water partition coefficient (Wildman–Crippen LogP) is 29.3. The summed E-state index contributed by atoms with van der Waals surface area (Å²) in [5, 5.41) is 16.3. The summed E-state index contributed by atoms with van der Waals surface area (Å²) in [6.07, 6.45) is 8.81. The highest BCUT2D eigenvalue weighted by Crippen LogP contribution is 2.56. The predicted molar refractivity (Wildman–Crippen MR) is 460 cm³/mol. The average Bonchev–Trinajstić information content (AvgIpc) is 0.784. The minimum absolute atomic E-state index is 1.00. The summed E-state index contributed by atoms with van der Waals surface area (Å²) in [5.74, 6) is 0. The normalized spacial score (nSPS) is 12.7. The van der Waals surface area contributed by atoms with E-state index in [-0.39, 0.29) is 0 Å². The van der Waals surface area contributed by atoms with Crippen molar-refractivity contribution in [3.8, 4) is 89.0 Å². The topological polar surface area (TPSA) is 0 Å². The van der Waals surface area contributed by atoms with Gasteiger partial charge in [0, 0.05) is 0 Å². The second kappa shape index (κ2) is 25.3. The summed E-state index contributed by atoms with van der Waals surface area (Å²) < 4.78 is 0. The van der Waals surface area contributed by atoms with Crippen molar-refractivity contribution < 1.29 is 0 Å². The monoisotopic (exact) mass is 1360 g/mol. The standard InChI is InChI=1S/C55H48.C51H44/c1-30-32(3)36(7)52-50(34(30)5)54(43-24-23-42-28-40-17-11-12-18-44(40)49(42)29-43)51-35(6)31(2)33(4)37(8)53(51)55(52)48-26-25-45(46-19-13-14-20-47(46)48)41-22-21-38-15-9-10-16-39(38)27-41;1-28-30(3)34(7)48-46(32(28)5)50(40-23-22-39-24-37-18-12-14-20-42(37)44(39)26-40)47-33(6)29(2)31(4)35(8)49(47)51(48)45-27-41(36-16-10-9-11-17-36)25-38-19-13-15-21-43(38)45/h9,11-15,17-27,29H,10,16,28H2,1-8H3;9-23,25-27H,24H2,1-8H3. The fourth-order valence-corrected chi connectivity index (χ4v) is 19.6. The van der Waals surface area contributed by atoms with Crippen molar-refractivity contribution in [2.24, 2.45) is 0 Å². The Balaban J connectivity index is 0.000000151. The van der Waals surface area contributed by atoms with Crippen LogP contribution in [0.5, 0.6) is 0 Å². The molecule has 0 aromatic heterocycles. The van der Waals surface area contributed by atoms with E-state index < -0.39 is 0 Å². The molecular weight excluding hydrogens is 1270 g/mol. The van der Waals surface area contributed by atoms with E-state index >= 15 is 0 Å². The van der Waals surface area contributed by atoms with E-state index in [1.54, 1.807) is 0 Å². The van der Waals surface area contributed by atoms with Crippen LogP contribution in [-0.2, 0) is 19.3 Å². The third kappa shape index (κ3) is 9.99. The molecule has 0 heteroatoms. The zero-order chi connectivity index (χ0) is 73.2. The largest absolute Gasteiger partial charge is 0.0836 e. The van der Waals surface area contributed by atoms with Crippen LogP contribution in [0.1, 0.15) is 129 Å². The zero-order valence-electron chi connectivity index (χ0n) is 64.6. The number of hydrogen-bond acceptors (Lipinski definition) is 0. The lowest BCUT2D eigenvalue weighted by Crippen LogP contribution is -2.04. The molecule has 0 radical (unpaired) electrons. The number of rotatable bonds is 6. The minimum Gasteiger partial charge on any atom is -0.0836 e. The molecule has 0 saturated heterocycles. The number of hydrogen-bond donors (Lipinski definition) is 0. The molecule has 0 N–H and O–H groups in total. The summed E-state index contributed by atoms with van der Waals surface area (Å²) >= 11 is 0. The highest BCUT2D eigenvalue weighted by Gasteiger charge is 2.32.